The van der Waals surface area contributed by atoms with E-state index in [1.165, 1.54) is 0 Å². The van der Waals surface area contributed by atoms with Crippen molar-refractivity contribution < 1.29 is 23.0 Å². The van der Waals surface area contributed by atoms with Gasteiger partial charge < -0.3 is 19.4 Å². The zero-order chi connectivity index (χ0) is 26.9. The largest absolute Gasteiger partial charge is 0.497 e. The Bertz CT molecular complexity index is 1630. The maximum absolute atomic E-state index is 14.0. The highest BCUT2D eigenvalue weighted by atomic mass is 19.1. The van der Waals surface area contributed by atoms with Gasteiger partial charge in [-0.25, -0.2) is 8.78 Å². The monoisotopic (exact) mass is 524 g/mol. The molecule has 1 aliphatic rings. The number of nitrogens with zero attached hydrogens (tertiary/aromatic N) is 1. The van der Waals surface area contributed by atoms with Crippen LogP contribution in [0.15, 0.2) is 91.0 Å². The first kappa shape index (κ1) is 24.7. The topological polar surface area (TPSA) is 54.6 Å². The van der Waals surface area contributed by atoms with Crippen LogP contribution >= 0.6 is 0 Å². The Hall–Kier alpha value is -4.65. The molecule has 0 aliphatic carbocycles. The molecule has 0 saturated heterocycles. The van der Waals surface area contributed by atoms with Crippen molar-refractivity contribution in [3.05, 3.63) is 131 Å². The lowest BCUT2D eigenvalue weighted by atomic mass is 9.91. The van der Waals surface area contributed by atoms with E-state index in [1.807, 2.05) is 72.8 Å². The van der Waals surface area contributed by atoms with Gasteiger partial charge in [-0.3, -0.25) is 4.79 Å². The predicted octanol–water partition coefficient (Wildman–Crippen LogP) is 6.82. The van der Waals surface area contributed by atoms with Crippen LogP contribution in [-0.4, -0.2) is 29.4 Å². The first-order chi connectivity index (χ1) is 19.0. The number of methoxy groups -OCH3 is 1. The van der Waals surface area contributed by atoms with E-state index in [0.29, 0.717) is 25.3 Å². The summed E-state index contributed by atoms with van der Waals surface area (Å²) in [5, 5.41) is 1.03. The lowest BCUT2D eigenvalue weighted by Gasteiger charge is -2.36. The Morgan fingerprint density at radius 3 is 2.36 bits per heavy atom. The van der Waals surface area contributed by atoms with Crippen molar-refractivity contribution in [3.8, 4) is 11.5 Å². The van der Waals surface area contributed by atoms with Gasteiger partial charge in [0.15, 0.2) is 0 Å². The number of nitrogens with one attached hydrogen (secondary N) is 1. The molecule has 1 unspecified atom stereocenters. The molecule has 1 aliphatic heterocycles. The molecule has 1 atom stereocenters. The van der Waals surface area contributed by atoms with Gasteiger partial charge >= 0.3 is 0 Å². The minimum Gasteiger partial charge on any atom is -0.497 e. The van der Waals surface area contributed by atoms with Crippen LogP contribution in [0.2, 0.25) is 0 Å². The van der Waals surface area contributed by atoms with Crippen molar-refractivity contribution >= 4 is 16.8 Å². The highest BCUT2D eigenvalue weighted by molar-refractivity contribution is 5.95. The maximum atomic E-state index is 14.0. The van der Waals surface area contributed by atoms with Gasteiger partial charge in [0.1, 0.15) is 29.7 Å². The van der Waals surface area contributed by atoms with E-state index in [1.54, 1.807) is 12.0 Å². The van der Waals surface area contributed by atoms with Gasteiger partial charge in [0, 0.05) is 34.8 Å². The number of aromatic nitrogens is 1. The van der Waals surface area contributed by atoms with Crippen LogP contribution in [0.25, 0.3) is 10.9 Å². The Labute approximate surface area is 224 Å². The third kappa shape index (κ3) is 4.83. The van der Waals surface area contributed by atoms with Crippen molar-refractivity contribution in [1.82, 2.24) is 9.88 Å². The van der Waals surface area contributed by atoms with Gasteiger partial charge in [0.25, 0.3) is 5.91 Å². The standard InChI is InChI=1S/C32H26F2N2O3/c1-38-26-11-12-29-28(18-26)27-13-14-36(32(37)22-15-23(33)17-24(34)16-22)31(30(27)35-29)21-7-9-25(10-8-21)39-19-20-5-3-2-4-6-20/h2-12,15-18,31,35H,13-14,19H2,1H3. The van der Waals surface area contributed by atoms with Gasteiger partial charge in [-0.1, -0.05) is 42.5 Å². The number of rotatable bonds is 6. The molecule has 0 fully saturated rings. The van der Waals surface area contributed by atoms with Gasteiger partial charge in [-0.2, -0.15) is 0 Å². The summed E-state index contributed by atoms with van der Waals surface area (Å²) in [6, 6.07) is 25.8. The van der Waals surface area contributed by atoms with Crippen molar-refractivity contribution in [2.45, 2.75) is 19.1 Å². The van der Waals surface area contributed by atoms with Crippen LogP contribution in [0.4, 0.5) is 8.78 Å². The van der Waals surface area contributed by atoms with E-state index < -0.39 is 23.6 Å². The molecule has 4 aromatic carbocycles. The molecule has 1 N–H and O–H groups in total. The normalized spacial score (nSPS) is 14.7. The van der Waals surface area contributed by atoms with E-state index in [0.717, 1.165) is 57.2 Å². The number of hydrogen-bond donors (Lipinski definition) is 1. The molecule has 5 nitrogen and oxygen atoms in total. The Morgan fingerprint density at radius 1 is 0.923 bits per heavy atom. The molecule has 1 amide bonds. The lowest BCUT2D eigenvalue weighted by Crippen LogP contribution is -2.40. The smallest absolute Gasteiger partial charge is 0.254 e. The second-order valence-corrected chi connectivity index (χ2v) is 9.58. The van der Waals surface area contributed by atoms with Crippen molar-refractivity contribution in [2.24, 2.45) is 0 Å². The molecule has 1 aromatic heterocycles. The molecule has 6 rings (SSSR count). The maximum Gasteiger partial charge on any atom is 0.254 e. The first-order valence-corrected chi connectivity index (χ1v) is 12.7. The lowest BCUT2D eigenvalue weighted by molar-refractivity contribution is 0.0691. The fraction of sp³-hybridized carbons (Fsp3) is 0.156. The number of carbonyl (C=O) groups excluding carboxylic acids is 1. The van der Waals surface area contributed by atoms with Crippen LogP contribution in [-0.2, 0) is 13.0 Å². The van der Waals surface area contributed by atoms with E-state index in [4.69, 9.17) is 9.47 Å². The Balaban J connectivity index is 1.38. The number of aromatic amines is 1. The van der Waals surface area contributed by atoms with Crippen LogP contribution in [0, 0.1) is 11.6 Å². The van der Waals surface area contributed by atoms with Gasteiger partial charge in [-0.15, -0.1) is 0 Å². The van der Waals surface area contributed by atoms with Crippen molar-refractivity contribution in [1.29, 1.82) is 0 Å². The summed E-state index contributed by atoms with van der Waals surface area (Å²) in [7, 11) is 1.63. The molecule has 2 heterocycles. The van der Waals surface area contributed by atoms with E-state index in [9.17, 15) is 13.6 Å². The summed E-state index contributed by atoms with van der Waals surface area (Å²) in [4.78, 5) is 18.9. The molecule has 5 aromatic rings. The molecular weight excluding hydrogens is 498 g/mol. The summed E-state index contributed by atoms with van der Waals surface area (Å²) < 4.78 is 39.4. The number of H-pyrrole nitrogens is 1. The second-order valence-electron chi connectivity index (χ2n) is 9.58. The molecule has 0 bridgehead atoms. The number of ether oxygens (including phenoxy) is 2. The van der Waals surface area contributed by atoms with E-state index in [2.05, 4.69) is 4.98 Å². The van der Waals surface area contributed by atoms with Crippen LogP contribution in [0.1, 0.15) is 38.8 Å². The fourth-order valence-corrected chi connectivity index (χ4v) is 5.29. The summed E-state index contributed by atoms with van der Waals surface area (Å²) in [6.07, 6.45) is 0.584. The van der Waals surface area contributed by atoms with Crippen molar-refractivity contribution in [2.75, 3.05) is 13.7 Å². The Morgan fingerprint density at radius 2 is 1.64 bits per heavy atom. The highest BCUT2D eigenvalue weighted by Crippen LogP contribution is 2.40. The van der Waals surface area contributed by atoms with E-state index >= 15 is 0 Å². The zero-order valence-electron chi connectivity index (χ0n) is 21.3. The minimum atomic E-state index is -0.787. The van der Waals surface area contributed by atoms with Gasteiger partial charge in [0.2, 0.25) is 0 Å². The predicted molar refractivity (Wildman–Crippen MR) is 145 cm³/mol. The molecule has 0 radical (unpaired) electrons. The minimum absolute atomic E-state index is 0.0263. The Kier molecular flexibility index (Phi) is 6.49. The third-order valence-electron chi connectivity index (χ3n) is 7.15. The summed E-state index contributed by atoms with van der Waals surface area (Å²) in [5.41, 5.74) is 4.78. The average molecular weight is 525 g/mol. The SMILES string of the molecule is COc1ccc2[nH]c3c(c2c1)CCN(C(=O)c1cc(F)cc(F)c1)C3c1ccc(OCc2ccccc2)cc1. The number of amides is 1. The van der Waals surface area contributed by atoms with Crippen LogP contribution in [0.5, 0.6) is 11.5 Å². The summed E-state index contributed by atoms with van der Waals surface area (Å²) in [5.74, 6) is -0.570. The van der Waals surface area contributed by atoms with Crippen LogP contribution < -0.4 is 9.47 Å². The average Bonchev–Trinajstić information content (AvgIpc) is 3.33. The molecule has 0 spiro atoms. The molecule has 196 valence electrons. The third-order valence-corrected chi connectivity index (χ3v) is 7.15. The highest BCUT2D eigenvalue weighted by Gasteiger charge is 2.35. The summed E-state index contributed by atoms with van der Waals surface area (Å²) in [6.45, 7) is 0.818. The summed E-state index contributed by atoms with van der Waals surface area (Å²) >= 11 is 0. The van der Waals surface area contributed by atoms with Crippen molar-refractivity contribution in [3.63, 3.8) is 0 Å². The molecular formula is C32H26F2N2O3. The number of benzene rings is 4. The molecule has 0 saturated carbocycles. The van der Waals surface area contributed by atoms with Gasteiger partial charge in [0.05, 0.1) is 13.2 Å². The molecule has 39 heavy (non-hydrogen) atoms. The fourth-order valence-electron chi connectivity index (χ4n) is 5.29. The quantitative estimate of drug-likeness (QED) is 0.265. The second kappa shape index (κ2) is 10.3. The number of halogens is 2. The first-order valence-electron chi connectivity index (χ1n) is 12.7. The number of fused-ring (bicyclic) bond motifs is 3. The van der Waals surface area contributed by atoms with E-state index in [-0.39, 0.29) is 5.56 Å². The van der Waals surface area contributed by atoms with Gasteiger partial charge in [-0.05, 0) is 65.6 Å². The number of carbonyl (C=O) groups is 1. The molecule has 7 heteroatoms. The zero-order valence-corrected chi connectivity index (χ0v) is 21.3. The number of hydrogen-bond acceptors (Lipinski definition) is 3. The van der Waals surface area contributed by atoms with Crippen LogP contribution in [0.3, 0.4) is 0 Å².